The minimum Gasteiger partial charge on any atom is -0.378 e. The Morgan fingerprint density at radius 2 is 2.00 bits per heavy atom. The number of ether oxygens (including phenoxy) is 1. The number of H-pyrrole nitrogens is 1. The number of aromatic nitrogens is 2. The number of halogens is 1. The predicted octanol–water partition coefficient (Wildman–Crippen LogP) is 1.77. The summed E-state index contributed by atoms with van der Waals surface area (Å²) in [7, 11) is 1.66. The number of carbonyl (C=O) groups excluding carboxylic acids is 1. The SMILES string of the molecule is Cn1c(=O)[nH]c2cc(C(=O)NCc3ccc(N4CCOCC4)c(F)c3)ccc21. The van der Waals surface area contributed by atoms with E-state index < -0.39 is 0 Å². The van der Waals surface area contributed by atoms with E-state index in [1.54, 1.807) is 31.3 Å². The average Bonchev–Trinajstić information content (AvgIpc) is 3.00. The van der Waals surface area contributed by atoms with Gasteiger partial charge in [0.2, 0.25) is 0 Å². The van der Waals surface area contributed by atoms with Crippen LogP contribution in [-0.4, -0.2) is 41.8 Å². The smallest absolute Gasteiger partial charge is 0.326 e. The lowest BCUT2D eigenvalue weighted by Gasteiger charge is -2.29. The third-order valence-electron chi connectivity index (χ3n) is 4.98. The van der Waals surface area contributed by atoms with Crippen molar-refractivity contribution in [2.24, 2.45) is 7.05 Å². The number of imidazole rings is 1. The highest BCUT2D eigenvalue weighted by Gasteiger charge is 2.16. The highest BCUT2D eigenvalue weighted by molar-refractivity contribution is 5.97. The fourth-order valence-corrected chi connectivity index (χ4v) is 3.38. The van der Waals surface area contributed by atoms with Gasteiger partial charge in [-0.2, -0.15) is 0 Å². The van der Waals surface area contributed by atoms with E-state index in [4.69, 9.17) is 4.74 Å². The van der Waals surface area contributed by atoms with Gasteiger partial charge >= 0.3 is 5.69 Å². The lowest BCUT2D eigenvalue weighted by molar-refractivity contribution is 0.0951. The number of nitrogens with one attached hydrogen (secondary N) is 2. The molecule has 4 rings (SSSR count). The Labute approximate surface area is 160 Å². The quantitative estimate of drug-likeness (QED) is 0.719. The molecule has 3 aromatic rings. The molecule has 0 saturated carbocycles. The van der Waals surface area contributed by atoms with Crippen molar-refractivity contribution in [2.45, 2.75) is 6.54 Å². The summed E-state index contributed by atoms with van der Waals surface area (Å²) >= 11 is 0. The van der Waals surface area contributed by atoms with Crippen LogP contribution in [-0.2, 0) is 18.3 Å². The topological polar surface area (TPSA) is 79.4 Å². The monoisotopic (exact) mass is 384 g/mol. The number of aryl methyl sites for hydroxylation is 1. The van der Waals surface area contributed by atoms with Crippen LogP contribution in [0.5, 0.6) is 0 Å². The molecule has 0 bridgehead atoms. The van der Waals surface area contributed by atoms with Gasteiger partial charge in [0, 0.05) is 32.2 Å². The summed E-state index contributed by atoms with van der Waals surface area (Å²) in [6, 6.07) is 10.0. The minimum absolute atomic E-state index is 0.211. The van der Waals surface area contributed by atoms with E-state index in [0.717, 1.165) is 5.52 Å². The van der Waals surface area contributed by atoms with E-state index in [1.165, 1.54) is 10.6 Å². The highest BCUT2D eigenvalue weighted by Crippen LogP contribution is 2.21. The van der Waals surface area contributed by atoms with Gasteiger partial charge in [-0.15, -0.1) is 0 Å². The third kappa shape index (κ3) is 3.50. The fraction of sp³-hybridized carbons (Fsp3) is 0.300. The van der Waals surface area contributed by atoms with Crippen molar-refractivity contribution >= 4 is 22.6 Å². The van der Waals surface area contributed by atoms with Gasteiger partial charge in [0.05, 0.1) is 29.9 Å². The van der Waals surface area contributed by atoms with Gasteiger partial charge in [0.1, 0.15) is 5.82 Å². The van der Waals surface area contributed by atoms with Crippen LogP contribution in [0.3, 0.4) is 0 Å². The molecule has 1 amide bonds. The Bertz CT molecular complexity index is 1080. The van der Waals surface area contributed by atoms with E-state index >= 15 is 0 Å². The Hall–Kier alpha value is -3.13. The molecule has 0 unspecified atom stereocenters. The highest BCUT2D eigenvalue weighted by atomic mass is 19.1. The molecule has 2 heterocycles. The maximum Gasteiger partial charge on any atom is 0.326 e. The lowest BCUT2D eigenvalue weighted by Crippen LogP contribution is -2.36. The number of rotatable bonds is 4. The molecule has 0 spiro atoms. The van der Waals surface area contributed by atoms with E-state index in [-0.39, 0.29) is 24.0 Å². The molecule has 1 fully saturated rings. The van der Waals surface area contributed by atoms with Gasteiger partial charge < -0.3 is 19.9 Å². The van der Waals surface area contributed by atoms with Crippen molar-refractivity contribution in [1.29, 1.82) is 0 Å². The molecule has 1 saturated heterocycles. The van der Waals surface area contributed by atoms with Crippen molar-refractivity contribution in [3.05, 3.63) is 63.8 Å². The number of nitrogens with zero attached hydrogens (tertiary/aromatic N) is 2. The Kier molecular flexibility index (Phi) is 4.87. The summed E-state index contributed by atoms with van der Waals surface area (Å²) in [6.07, 6.45) is 0. The van der Waals surface area contributed by atoms with Crippen LogP contribution < -0.4 is 15.9 Å². The number of fused-ring (bicyclic) bond motifs is 1. The van der Waals surface area contributed by atoms with Crippen molar-refractivity contribution in [3.63, 3.8) is 0 Å². The number of amides is 1. The molecule has 146 valence electrons. The Morgan fingerprint density at radius 3 is 2.75 bits per heavy atom. The van der Waals surface area contributed by atoms with Gasteiger partial charge in [0.25, 0.3) is 5.91 Å². The second-order valence-electron chi connectivity index (χ2n) is 6.79. The standard InChI is InChI=1S/C20H21FN4O3/c1-24-18-5-3-14(11-16(18)23-20(24)27)19(26)22-12-13-2-4-17(15(21)10-13)25-6-8-28-9-7-25/h2-5,10-11H,6-9,12H2,1H3,(H,22,26)(H,23,27). The second-order valence-corrected chi connectivity index (χ2v) is 6.79. The van der Waals surface area contributed by atoms with Gasteiger partial charge in [-0.1, -0.05) is 6.07 Å². The summed E-state index contributed by atoms with van der Waals surface area (Å²) in [6.45, 7) is 2.72. The summed E-state index contributed by atoms with van der Waals surface area (Å²) in [4.78, 5) is 28.8. The lowest BCUT2D eigenvalue weighted by atomic mass is 10.1. The van der Waals surface area contributed by atoms with E-state index in [2.05, 4.69) is 10.3 Å². The van der Waals surface area contributed by atoms with Gasteiger partial charge in [-0.25, -0.2) is 9.18 Å². The first kappa shape index (κ1) is 18.2. The van der Waals surface area contributed by atoms with E-state index in [0.29, 0.717) is 48.6 Å². The van der Waals surface area contributed by atoms with Crippen LogP contribution in [0.1, 0.15) is 15.9 Å². The largest absolute Gasteiger partial charge is 0.378 e. The molecular formula is C20H21FN4O3. The second kappa shape index (κ2) is 7.47. The molecule has 2 aromatic carbocycles. The predicted molar refractivity (Wildman–Crippen MR) is 104 cm³/mol. The van der Waals surface area contributed by atoms with Crippen LogP contribution in [0.25, 0.3) is 11.0 Å². The summed E-state index contributed by atoms with van der Waals surface area (Å²) in [5.74, 6) is -0.596. The van der Waals surface area contributed by atoms with Crippen LogP contribution >= 0.6 is 0 Å². The number of aromatic amines is 1. The Balaban J connectivity index is 1.44. The van der Waals surface area contributed by atoms with Crippen LogP contribution in [0.4, 0.5) is 10.1 Å². The number of anilines is 1. The normalized spacial score (nSPS) is 14.4. The molecule has 1 aliphatic heterocycles. The molecule has 1 aromatic heterocycles. The van der Waals surface area contributed by atoms with Crippen LogP contribution in [0.15, 0.2) is 41.2 Å². The molecule has 8 heteroatoms. The average molecular weight is 384 g/mol. The number of morpholine rings is 1. The minimum atomic E-state index is -0.308. The van der Waals surface area contributed by atoms with Gasteiger partial charge in [-0.3, -0.25) is 9.36 Å². The zero-order chi connectivity index (χ0) is 19.7. The van der Waals surface area contributed by atoms with Crippen molar-refractivity contribution in [3.8, 4) is 0 Å². The molecule has 2 N–H and O–H groups in total. The first-order chi connectivity index (χ1) is 13.5. The molecule has 7 nitrogen and oxygen atoms in total. The molecule has 28 heavy (non-hydrogen) atoms. The summed E-state index contributed by atoms with van der Waals surface area (Å²) in [5.41, 5.74) is 2.75. The molecule has 0 aliphatic carbocycles. The summed E-state index contributed by atoms with van der Waals surface area (Å²) < 4.78 is 21.2. The Morgan fingerprint density at radius 1 is 1.21 bits per heavy atom. The first-order valence-corrected chi connectivity index (χ1v) is 9.11. The third-order valence-corrected chi connectivity index (χ3v) is 4.98. The molecular weight excluding hydrogens is 363 g/mol. The van der Waals surface area contributed by atoms with E-state index in [9.17, 15) is 14.0 Å². The summed E-state index contributed by atoms with van der Waals surface area (Å²) in [5, 5.41) is 2.79. The van der Waals surface area contributed by atoms with Crippen molar-refractivity contribution < 1.29 is 13.9 Å². The number of hydrogen-bond donors (Lipinski definition) is 2. The first-order valence-electron chi connectivity index (χ1n) is 9.11. The number of carbonyl (C=O) groups is 1. The van der Waals surface area contributed by atoms with Crippen LogP contribution in [0.2, 0.25) is 0 Å². The van der Waals surface area contributed by atoms with Crippen molar-refractivity contribution in [1.82, 2.24) is 14.9 Å². The van der Waals surface area contributed by atoms with Crippen LogP contribution in [0, 0.1) is 5.82 Å². The van der Waals surface area contributed by atoms with E-state index in [1.807, 2.05) is 11.0 Å². The molecule has 0 atom stereocenters. The number of hydrogen-bond acceptors (Lipinski definition) is 4. The van der Waals surface area contributed by atoms with Crippen molar-refractivity contribution in [2.75, 3.05) is 31.2 Å². The zero-order valence-electron chi connectivity index (χ0n) is 15.5. The zero-order valence-corrected chi connectivity index (χ0v) is 15.5. The van der Waals surface area contributed by atoms with Gasteiger partial charge in [0.15, 0.2) is 0 Å². The molecule has 1 aliphatic rings. The maximum atomic E-state index is 14.5. The maximum absolute atomic E-state index is 14.5. The number of benzene rings is 2. The van der Waals surface area contributed by atoms with Gasteiger partial charge in [-0.05, 0) is 35.9 Å². The molecule has 0 radical (unpaired) electrons. The fourth-order valence-electron chi connectivity index (χ4n) is 3.38.